The highest BCUT2D eigenvalue weighted by molar-refractivity contribution is 5.82. The summed E-state index contributed by atoms with van der Waals surface area (Å²) in [5, 5.41) is 9.57. The smallest absolute Gasteiger partial charge is 0.311 e. The number of carbonyl (C=O) groups excluding carboxylic acids is 2. The van der Waals surface area contributed by atoms with E-state index >= 15 is 0 Å². The van der Waals surface area contributed by atoms with Crippen LogP contribution in [0, 0.1) is 16.2 Å². The van der Waals surface area contributed by atoms with Gasteiger partial charge in [-0.05, 0) is 53.4 Å². The average Bonchev–Trinajstić information content (AvgIpc) is 2.65. The Kier molecular flexibility index (Phi) is 11.5. The fraction of sp³-hybridized carbons (Fsp3) is 0.870. The van der Waals surface area contributed by atoms with Gasteiger partial charge in [0.15, 0.2) is 0 Å². The summed E-state index contributed by atoms with van der Waals surface area (Å²) in [4.78, 5) is 37.1. The molecule has 0 saturated carbocycles. The Morgan fingerprint density at radius 2 is 1.34 bits per heavy atom. The van der Waals surface area contributed by atoms with Crippen LogP contribution in [0.4, 0.5) is 0 Å². The standard InChI is InChI=1S/C23H42O6/c1-8-10-11-12-13-14-15-29-20(27)23(6,16-21(3,4)18(24)25)17-22(5,9-2)19(26)28-7/h8-17H2,1-7H3,(H,24,25). The molecule has 0 spiro atoms. The fourth-order valence-electron chi connectivity index (χ4n) is 3.93. The van der Waals surface area contributed by atoms with Gasteiger partial charge in [-0.15, -0.1) is 0 Å². The molecule has 0 fully saturated rings. The van der Waals surface area contributed by atoms with Crippen molar-refractivity contribution in [3.8, 4) is 0 Å². The van der Waals surface area contributed by atoms with E-state index in [0.29, 0.717) is 13.0 Å². The lowest BCUT2D eigenvalue weighted by atomic mass is 9.65. The second kappa shape index (κ2) is 12.2. The normalized spacial score (nSPS) is 15.8. The minimum atomic E-state index is -1.13. The van der Waals surface area contributed by atoms with Crippen molar-refractivity contribution in [1.82, 2.24) is 0 Å². The monoisotopic (exact) mass is 414 g/mol. The molecule has 0 aliphatic rings. The number of rotatable bonds is 15. The van der Waals surface area contributed by atoms with E-state index in [0.717, 1.165) is 19.3 Å². The van der Waals surface area contributed by atoms with Crippen LogP contribution in [0.5, 0.6) is 0 Å². The van der Waals surface area contributed by atoms with Gasteiger partial charge in [-0.25, -0.2) is 0 Å². The Morgan fingerprint density at radius 1 is 0.793 bits per heavy atom. The van der Waals surface area contributed by atoms with Gasteiger partial charge >= 0.3 is 17.9 Å². The van der Waals surface area contributed by atoms with Crippen LogP contribution in [0.1, 0.15) is 99.3 Å². The van der Waals surface area contributed by atoms with E-state index in [4.69, 9.17) is 9.47 Å². The van der Waals surface area contributed by atoms with E-state index in [-0.39, 0.29) is 12.8 Å². The third-order valence-corrected chi connectivity index (χ3v) is 5.87. The first-order chi connectivity index (χ1) is 13.4. The number of methoxy groups -OCH3 is 1. The zero-order valence-electron chi connectivity index (χ0n) is 19.6. The molecule has 29 heavy (non-hydrogen) atoms. The van der Waals surface area contributed by atoms with Crippen molar-refractivity contribution in [2.45, 2.75) is 99.3 Å². The second-order valence-electron chi connectivity index (χ2n) is 9.41. The first kappa shape index (κ1) is 27.4. The predicted molar refractivity (Wildman–Crippen MR) is 114 cm³/mol. The van der Waals surface area contributed by atoms with Crippen molar-refractivity contribution in [3.63, 3.8) is 0 Å². The van der Waals surface area contributed by atoms with Gasteiger partial charge in [0.1, 0.15) is 0 Å². The number of carboxylic acid groups (broad SMARTS) is 1. The van der Waals surface area contributed by atoms with Crippen LogP contribution in [0.2, 0.25) is 0 Å². The minimum absolute atomic E-state index is 0.0806. The number of unbranched alkanes of at least 4 members (excludes halogenated alkanes) is 5. The van der Waals surface area contributed by atoms with Gasteiger partial charge in [-0.2, -0.15) is 0 Å². The molecule has 0 bridgehead atoms. The molecular weight excluding hydrogens is 372 g/mol. The molecule has 0 rings (SSSR count). The van der Waals surface area contributed by atoms with Crippen molar-refractivity contribution in [2.75, 3.05) is 13.7 Å². The molecule has 0 aliphatic heterocycles. The molecule has 6 nitrogen and oxygen atoms in total. The Balaban J connectivity index is 5.30. The summed E-state index contributed by atoms with van der Waals surface area (Å²) in [5.41, 5.74) is -3.13. The molecule has 0 aliphatic carbocycles. The zero-order valence-corrected chi connectivity index (χ0v) is 19.6. The summed E-state index contributed by atoms with van der Waals surface area (Å²) in [6.07, 6.45) is 7.22. The van der Waals surface area contributed by atoms with Crippen molar-refractivity contribution in [1.29, 1.82) is 0 Å². The summed E-state index contributed by atoms with van der Waals surface area (Å²) in [5.74, 6) is -1.82. The Labute approximate surface area is 176 Å². The topological polar surface area (TPSA) is 89.9 Å². The largest absolute Gasteiger partial charge is 0.481 e. The van der Waals surface area contributed by atoms with Crippen LogP contribution in [-0.4, -0.2) is 36.7 Å². The summed E-state index contributed by atoms with van der Waals surface area (Å²) >= 11 is 0. The third kappa shape index (κ3) is 8.75. The zero-order chi connectivity index (χ0) is 22.7. The molecule has 170 valence electrons. The molecule has 0 heterocycles. The molecule has 0 aromatic heterocycles. The lowest BCUT2D eigenvalue weighted by molar-refractivity contribution is -0.166. The quantitative estimate of drug-likeness (QED) is 0.286. The van der Waals surface area contributed by atoms with Crippen molar-refractivity contribution >= 4 is 17.9 Å². The van der Waals surface area contributed by atoms with Gasteiger partial charge in [-0.3, -0.25) is 14.4 Å². The minimum Gasteiger partial charge on any atom is -0.481 e. The van der Waals surface area contributed by atoms with E-state index in [1.165, 1.54) is 26.4 Å². The van der Waals surface area contributed by atoms with Gasteiger partial charge in [0, 0.05) is 0 Å². The van der Waals surface area contributed by atoms with Crippen LogP contribution >= 0.6 is 0 Å². The molecule has 0 radical (unpaired) electrons. The molecule has 0 aromatic carbocycles. The van der Waals surface area contributed by atoms with Gasteiger partial charge in [-0.1, -0.05) is 46.0 Å². The van der Waals surface area contributed by atoms with Crippen LogP contribution in [-0.2, 0) is 23.9 Å². The van der Waals surface area contributed by atoms with Crippen LogP contribution in [0.25, 0.3) is 0 Å². The third-order valence-electron chi connectivity index (χ3n) is 5.87. The highest BCUT2D eigenvalue weighted by Crippen LogP contribution is 2.45. The number of carbonyl (C=O) groups is 3. The molecule has 1 N–H and O–H groups in total. The molecule has 2 unspecified atom stereocenters. The SMILES string of the molecule is CCCCCCCCOC(=O)C(C)(CC(C)(C)C(=O)O)CC(C)(CC)C(=O)OC. The van der Waals surface area contributed by atoms with E-state index < -0.39 is 34.2 Å². The molecule has 0 amide bonds. The lowest BCUT2D eigenvalue weighted by Gasteiger charge is -2.39. The van der Waals surface area contributed by atoms with Gasteiger partial charge < -0.3 is 14.6 Å². The highest BCUT2D eigenvalue weighted by atomic mass is 16.5. The highest BCUT2D eigenvalue weighted by Gasteiger charge is 2.49. The van der Waals surface area contributed by atoms with Gasteiger partial charge in [0.05, 0.1) is 30.0 Å². The summed E-state index contributed by atoms with van der Waals surface area (Å²) in [6.45, 7) is 11.0. The van der Waals surface area contributed by atoms with Crippen LogP contribution < -0.4 is 0 Å². The molecule has 0 aromatic rings. The van der Waals surface area contributed by atoms with E-state index in [1.807, 2.05) is 6.92 Å². The number of carboxylic acids is 1. The maximum atomic E-state index is 13.0. The molecule has 0 saturated heterocycles. The van der Waals surface area contributed by atoms with E-state index in [2.05, 4.69) is 6.92 Å². The predicted octanol–water partition coefficient (Wildman–Crippen LogP) is 5.38. The summed E-state index contributed by atoms with van der Waals surface area (Å²) < 4.78 is 10.5. The summed E-state index contributed by atoms with van der Waals surface area (Å²) in [7, 11) is 1.33. The lowest BCUT2D eigenvalue weighted by Crippen LogP contribution is -2.44. The molecule has 2 atom stereocenters. The Hall–Kier alpha value is -1.59. The molecular formula is C23H42O6. The first-order valence-corrected chi connectivity index (χ1v) is 10.9. The first-order valence-electron chi connectivity index (χ1n) is 10.9. The van der Waals surface area contributed by atoms with Crippen molar-refractivity contribution in [2.24, 2.45) is 16.2 Å². The van der Waals surface area contributed by atoms with Crippen LogP contribution in [0.15, 0.2) is 0 Å². The fourth-order valence-corrected chi connectivity index (χ4v) is 3.93. The van der Waals surface area contributed by atoms with Crippen LogP contribution in [0.3, 0.4) is 0 Å². The van der Waals surface area contributed by atoms with Crippen molar-refractivity contribution < 1.29 is 29.0 Å². The second-order valence-corrected chi connectivity index (χ2v) is 9.41. The maximum Gasteiger partial charge on any atom is 0.311 e. The number of hydrogen-bond donors (Lipinski definition) is 1. The number of aliphatic carboxylic acids is 1. The molecule has 6 heteroatoms. The van der Waals surface area contributed by atoms with E-state index in [9.17, 15) is 19.5 Å². The Bertz CT molecular complexity index is 541. The number of ether oxygens (including phenoxy) is 2. The summed E-state index contributed by atoms with van der Waals surface area (Å²) in [6, 6.07) is 0. The number of esters is 2. The average molecular weight is 415 g/mol. The van der Waals surface area contributed by atoms with Crippen molar-refractivity contribution in [3.05, 3.63) is 0 Å². The van der Waals surface area contributed by atoms with Gasteiger partial charge in [0.2, 0.25) is 0 Å². The van der Waals surface area contributed by atoms with E-state index in [1.54, 1.807) is 27.7 Å². The Morgan fingerprint density at radius 3 is 1.83 bits per heavy atom. The maximum absolute atomic E-state index is 13.0. The number of hydrogen-bond acceptors (Lipinski definition) is 5. The van der Waals surface area contributed by atoms with Gasteiger partial charge in [0.25, 0.3) is 0 Å².